The maximum atomic E-state index is 12.4. The van der Waals surface area contributed by atoms with E-state index in [1.165, 1.54) is 7.11 Å². The molecule has 0 unspecified atom stereocenters. The number of carbonyl (C=O) groups excluding carboxylic acids is 2. The molecule has 152 valence electrons. The lowest BCUT2D eigenvalue weighted by atomic mass is 10.1. The number of rotatable bonds is 9. The average Bonchev–Trinajstić information content (AvgIpc) is 3.07. The average molecular weight is 398 g/mol. The van der Waals surface area contributed by atoms with E-state index in [9.17, 15) is 9.59 Å². The molecule has 0 aliphatic carbocycles. The molecule has 29 heavy (non-hydrogen) atoms. The van der Waals surface area contributed by atoms with E-state index in [1.54, 1.807) is 56.5 Å². The Kier molecular flexibility index (Phi) is 6.51. The summed E-state index contributed by atoms with van der Waals surface area (Å²) >= 11 is 0. The van der Waals surface area contributed by atoms with Crippen LogP contribution in [0.25, 0.3) is 11.0 Å². The fraction of sp³-hybridized carbons (Fsp3) is 0.273. The highest BCUT2D eigenvalue weighted by atomic mass is 16.6. The summed E-state index contributed by atoms with van der Waals surface area (Å²) in [5.74, 6) is 0.910. The zero-order valence-corrected chi connectivity index (χ0v) is 16.5. The van der Waals surface area contributed by atoms with Crippen LogP contribution in [0.15, 0.2) is 46.9 Å². The van der Waals surface area contributed by atoms with Crippen LogP contribution in [0.5, 0.6) is 11.5 Å². The molecule has 7 heteroatoms. The van der Waals surface area contributed by atoms with Gasteiger partial charge in [0, 0.05) is 18.1 Å². The summed E-state index contributed by atoms with van der Waals surface area (Å²) in [7, 11) is 3.10. The standard InChI is InChI=1S/C22H22O7/c1-14-21(22(24)27-11-10-25-2)18-12-17(8-9-20(18)29-14)28-13-19(23)15-4-6-16(26-3)7-5-15/h4-9,12H,10-11,13H2,1-3H3. The second kappa shape index (κ2) is 9.25. The van der Waals surface area contributed by atoms with Crippen LogP contribution >= 0.6 is 0 Å². The summed E-state index contributed by atoms with van der Waals surface area (Å²) < 4.78 is 26.4. The Labute approximate surface area is 168 Å². The van der Waals surface area contributed by atoms with E-state index >= 15 is 0 Å². The van der Waals surface area contributed by atoms with Crippen LogP contribution < -0.4 is 9.47 Å². The molecule has 2 aromatic carbocycles. The van der Waals surface area contributed by atoms with E-state index in [0.29, 0.717) is 46.0 Å². The van der Waals surface area contributed by atoms with Gasteiger partial charge in [-0.05, 0) is 49.4 Å². The number of esters is 1. The molecule has 3 rings (SSSR count). The number of ketones is 1. The number of Topliss-reactive ketones (excluding diaryl/α,β-unsaturated/α-hetero) is 1. The number of hydrogen-bond donors (Lipinski definition) is 0. The molecule has 7 nitrogen and oxygen atoms in total. The fourth-order valence-corrected chi connectivity index (χ4v) is 2.84. The third-order valence-corrected chi connectivity index (χ3v) is 4.34. The molecular formula is C22H22O7. The second-order valence-electron chi connectivity index (χ2n) is 6.26. The summed E-state index contributed by atoms with van der Waals surface area (Å²) in [4.78, 5) is 24.7. The van der Waals surface area contributed by atoms with Crippen molar-refractivity contribution in [1.82, 2.24) is 0 Å². The summed E-state index contributed by atoms with van der Waals surface area (Å²) in [5, 5.41) is 0.569. The van der Waals surface area contributed by atoms with E-state index in [1.807, 2.05) is 0 Å². The van der Waals surface area contributed by atoms with Gasteiger partial charge >= 0.3 is 5.97 Å². The van der Waals surface area contributed by atoms with Gasteiger partial charge in [-0.3, -0.25) is 4.79 Å². The molecule has 0 saturated heterocycles. The Morgan fingerprint density at radius 3 is 2.38 bits per heavy atom. The number of aryl methyl sites for hydroxylation is 1. The number of hydrogen-bond acceptors (Lipinski definition) is 7. The number of ether oxygens (including phenoxy) is 4. The van der Waals surface area contributed by atoms with Crippen molar-refractivity contribution in [3.63, 3.8) is 0 Å². The maximum absolute atomic E-state index is 12.4. The molecule has 1 aromatic heterocycles. The van der Waals surface area contributed by atoms with E-state index in [0.717, 1.165) is 0 Å². The first-order valence-electron chi connectivity index (χ1n) is 9.02. The maximum Gasteiger partial charge on any atom is 0.342 e. The van der Waals surface area contributed by atoms with Gasteiger partial charge in [0.25, 0.3) is 0 Å². The largest absolute Gasteiger partial charge is 0.497 e. The van der Waals surface area contributed by atoms with E-state index < -0.39 is 5.97 Å². The lowest BCUT2D eigenvalue weighted by molar-refractivity contribution is 0.0388. The number of benzene rings is 2. The summed E-state index contributed by atoms with van der Waals surface area (Å²) in [5.41, 5.74) is 1.39. The predicted octanol–water partition coefficient (Wildman–Crippen LogP) is 3.81. The van der Waals surface area contributed by atoms with Gasteiger partial charge in [-0.15, -0.1) is 0 Å². The van der Waals surface area contributed by atoms with Crippen molar-refractivity contribution in [2.75, 3.05) is 34.0 Å². The first kappa shape index (κ1) is 20.4. The Balaban J connectivity index is 1.73. The topological polar surface area (TPSA) is 84.2 Å². The van der Waals surface area contributed by atoms with Crippen molar-refractivity contribution < 1.29 is 33.0 Å². The smallest absolute Gasteiger partial charge is 0.342 e. The van der Waals surface area contributed by atoms with E-state index in [2.05, 4.69) is 0 Å². The van der Waals surface area contributed by atoms with Gasteiger partial charge in [-0.25, -0.2) is 4.79 Å². The van der Waals surface area contributed by atoms with Gasteiger partial charge < -0.3 is 23.4 Å². The monoisotopic (exact) mass is 398 g/mol. The van der Waals surface area contributed by atoms with Crippen LogP contribution in [0.2, 0.25) is 0 Å². The van der Waals surface area contributed by atoms with Crippen molar-refractivity contribution in [2.45, 2.75) is 6.92 Å². The normalized spacial score (nSPS) is 10.7. The molecule has 0 saturated carbocycles. The van der Waals surface area contributed by atoms with Crippen molar-refractivity contribution >= 4 is 22.7 Å². The molecule has 3 aromatic rings. The molecule has 0 N–H and O–H groups in total. The Bertz CT molecular complexity index is 1000. The predicted molar refractivity (Wildman–Crippen MR) is 106 cm³/mol. The summed E-state index contributed by atoms with van der Waals surface area (Å²) in [6, 6.07) is 11.8. The minimum Gasteiger partial charge on any atom is -0.497 e. The van der Waals surface area contributed by atoms with Gasteiger partial charge in [0.15, 0.2) is 12.4 Å². The zero-order valence-electron chi connectivity index (χ0n) is 16.5. The number of fused-ring (bicyclic) bond motifs is 1. The highest BCUT2D eigenvalue weighted by Crippen LogP contribution is 2.29. The van der Waals surface area contributed by atoms with Gasteiger partial charge in [-0.2, -0.15) is 0 Å². The Morgan fingerprint density at radius 1 is 0.966 bits per heavy atom. The fourth-order valence-electron chi connectivity index (χ4n) is 2.84. The lowest BCUT2D eigenvalue weighted by Gasteiger charge is -2.07. The summed E-state index contributed by atoms with van der Waals surface area (Å²) in [6.07, 6.45) is 0. The van der Waals surface area contributed by atoms with Crippen molar-refractivity contribution in [1.29, 1.82) is 0 Å². The van der Waals surface area contributed by atoms with Crippen LogP contribution in [-0.2, 0) is 9.47 Å². The van der Waals surface area contributed by atoms with Crippen LogP contribution in [0.3, 0.4) is 0 Å². The lowest BCUT2D eigenvalue weighted by Crippen LogP contribution is -2.12. The van der Waals surface area contributed by atoms with Crippen molar-refractivity contribution in [3.05, 3.63) is 59.4 Å². The number of furan rings is 1. The van der Waals surface area contributed by atoms with Gasteiger partial charge in [-0.1, -0.05) is 0 Å². The van der Waals surface area contributed by atoms with Crippen LogP contribution in [0, 0.1) is 6.92 Å². The molecule has 1 heterocycles. The molecule has 0 spiro atoms. The molecule has 0 aliphatic rings. The summed E-state index contributed by atoms with van der Waals surface area (Å²) in [6.45, 7) is 2.01. The van der Waals surface area contributed by atoms with Crippen molar-refractivity contribution in [2.24, 2.45) is 0 Å². The minimum absolute atomic E-state index is 0.137. The zero-order chi connectivity index (χ0) is 20.8. The number of methoxy groups -OCH3 is 2. The first-order valence-corrected chi connectivity index (χ1v) is 9.02. The van der Waals surface area contributed by atoms with Gasteiger partial charge in [0.1, 0.15) is 35.0 Å². The third kappa shape index (κ3) is 4.75. The van der Waals surface area contributed by atoms with Crippen LogP contribution in [-0.4, -0.2) is 45.8 Å². The Morgan fingerprint density at radius 2 is 1.69 bits per heavy atom. The molecule has 0 fully saturated rings. The van der Waals surface area contributed by atoms with E-state index in [-0.39, 0.29) is 19.0 Å². The minimum atomic E-state index is -0.496. The van der Waals surface area contributed by atoms with Crippen LogP contribution in [0.1, 0.15) is 26.5 Å². The SMILES string of the molecule is COCCOC(=O)c1c(C)oc2ccc(OCC(=O)c3ccc(OC)cc3)cc12. The molecule has 0 atom stereocenters. The van der Waals surface area contributed by atoms with Crippen molar-refractivity contribution in [3.8, 4) is 11.5 Å². The van der Waals surface area contributed by atoms with Gasteiger partial charge in [0.2, 0.25) is 0 Å². The first-order chi connectivity index (χ1) is 14.0. The highest BCUT2D eigenvalue weighted by Gasteiger charge is 2.20. The molecule has 0 bridgehead atoms. The Hall–Kier alpha value is -3.32. The van der Waals surface area contributed by atoms with Crippen LogP contribution in [0.4, 0.5) is 0 Å². The molecular weight excluding hydrogens is 376 g/mol. The van der Waals surface area contributed by atoms with E-state index in [4.69, 9.17) is 23.4 Å². The molecule has 0 aliphatic heterocycles. The highest BCUT2D eigenvalue weighted by molar-refractivity contribution is 6.05. The quantitative estimate of drug-likeness (QED) is 0.308. The molecule has 0 amide bonds. The van der Waals surface area contributed by atoms with Gasteiger partial charge in [0.05, 0.1) is 13.7 Å². The number of carbonyl (C=O) groups is 2. The third-order valence-electron chi connectivity index (χ3n) is 4.34. The molecule has 0 radical (unpaired) electrons. The second-order valence-corrected chi connectivity index (χ2v) is 6.26.